The van der Waals surface area contributed by atoms with E-state index in [0.29, 0.717) is 28.3 Å². The van der Waals surface area contributed by atoms with Gasteiger partial charge in [0.25, 0.3) is 11.7 Å². The molecule has 3 aromatic rings. The number of ether oxygens (including phenoxy) is 2. The highest BCUT2D eigenvalue weighted by molar-refractivity contribution is 6.51. The summed E-state index contributed by atoms with van der Waals surface area (Å²) in [4.78, 5) is 39.7. The highest BCUT2D eigenvalue weighted by atomic mass is 16.5. The number of carbonyl (C=O) groups is 3. The van der Waals surface area contributed by atoms with Crippen LogP contribution in [-0.4, -0.2) is 29.9 Å². The number of aliphatic hydroxyl groups is 1. The van der Waals surface area contributed by atoms with Crippen molar-refractivity contribution in [3.63, 3.8) is 0 Å². The van der Waals surface area contributed by atoms with Crippen molar-refractivity contribution < 1.29 is 29.0 Å². The number of anilines is 1. The van der Waals surface area contributed by atoms with E-state index in [9.17, 15) is 19.5 Å². The minimum Gasteiger partial charge on any atom is -0.507 e. The quantitative estimate of drug-likeness (QED) is 0.160. The van der Waals surface area contributed by atoms with Gasteiger partial charge in [0.05, 0.1) is 24.3 Å². The van der Waals surface area contributed by atoms with Gasteiger partial charge in [-0.15, -0.1) is 0 Å². The zero-order valence-electron chi connectivity index (χ0n) is 21.5. The predicted molar refractivity (Wildman–Crippen MR) is 141 cm³/mol. The van der Waals surface area contributed by atoms with Crippen LogP contribution in [0.4, 0.5) is 5.69 Å². The smallest absolute Gasteiger partial charge is 0.308 e. The lowest BCUT2D eigenvalue weighted by atomic mass is 9.93. The Balaban J connectivity index is 1.95. The van der Waals surface area contributed by atoms with Gasteiger partial charge in [-0.25, -0.2) is 0 Å². The van der Waals surface area contributed by atoms with E-state index in [0.717, 1.165) is 23.1 Å². The van der Waals surface area contributed by atoms with Crippen LogP contribution in [0.5, 0.6) is 11.5 Å². The first kappa shape index (κ1) is 25.7. The molecule has 3 aromatic carbocycles. The Morgan fingerprint density at radius 2 is 1.65 bits per heavy atom. The molecular weight excluding hydrogens is 470 g/mol. The number of methoxy groups -OCH3 is 1. The van der Waals surface area contributed by atoms with Crippen molar-refractivity contribution in [3.05, 3.63) is 94.1 Å². The van der Waals surface area contributed by atoms with E-state index in [1.807, 2.05) is 39.0 Å². The zero-order valence-corrected chi connectivity index (χ0v) is 21.5. The van der Waals surface area contributed by atoms with Gasteiger partial charge in [0.1, 0.15) is 17.3 Å². The minimum absolute atomic E-state index is 0.0481. The number of amides is 1. The van der Waals surface area contributed by atoms with Crippen molar-refractivity contribution in [3.8, 4) is 11.5 Å². The number of hydrogen-bond acceptors (Lipinski definition) is 6. The summed E-state index contributed by atoms with van der Waals surface area (Å²) in [6.07, 6.45) is 0.826. The second kappa shape index (κ2) is 10.3. The Kier molecular flexibility index (Phi) is 7.16. The van der Waals surface area contributed by atoms with Gasteiger partial charge in [-0.1, -0.05) is 37.3 Å². The van der Waals surface area contributed by atoms with Gasteiger partial charge < -0.3 is 14.6 Å². The molecule has 190 valence electrons. The minimum atomic E-state index is -0.913. The Morgan fingerprint density at radius 1 is 1.00 bits per heavy atom. The molecule has 1 aliphatic heterocycles. The lowest BCUT2D eigenvalue weighted by molar-refractivity contribution is -0.132. The lowest BCUT2D eigenvalue weighted by Crippen LogP contribution is -2.29. The first-order chi connectivity index (χ1) is 17.7. The molecule has 1 fully saturated rings. The fourth-order valence-electron chi connectivity index (χ4n) is 4.74. The van der Waals surface area contributed by atoms with E-state index in [4.69, 9.17) is 9.47 Å². The van der Waals surface area contributed by atoms with Crippen molar-refractivity contribution >= 4 is 29.1 Å². The number of esters is 1. The third kappa shape index (κ3) is 4.85. The summed E-state index contributed by atoms with van der Waals surface area (Å²) >= 11 is 0. The molecule has 0 radical (unpaired) electrons. The molecule has 0 aromatic heterocycles. The molecule has 0 saturated carbocycles. The van der Waals surface area contributed by atoms with Gasteiger partial charge in [-0.3, -0.25) is 19.3 Å². The van der Waals surface area contributed by atoms with Gasteiger partial charge >= 0.3 is 5.97 Å². The van der Waals surface area contributed by atoms with Crippen LogP contribution in [-0.2, 0) is 20.8 Å². The predicted octanol–water partition coefficient (Wildman–Crippen LogP) is 5.43. The van der Waals surface area contributed by atoms with Gasteiger partial charge in [0.15, 0.2) is 0 Å². The average molecular weight is 500 g/mol. The second-order valence-corrected chi connectivity index (χ2v) is 9.01. The molecule has 0 aliphatic carbocycles. The van der Waals surface area contributed by atoms with Crippen LogP contribution in [0.2, 0.25) is 0 Å². The monoisotopic (exact) mass is 499 g/mol. The van der Waals surface area contributed by atoms with Crippen molar-refractivity contribution in [2.75, 3.05) is 12.0 Å². The molecule has 7 heteroatoms. The van der Waals surface area contributed by atoms with Gasteiger partial charge in [-0.2, -0.15) is 0 Å². The number of aliphatic hydroxyl groups excluding tert-OH is 1. The van der Waals surface area contributed by atoms with E-state index in [1.54, 1.807) is 42.5 Å². The standard InChI is InChI=1S/C30H29NO6/c1-6-20-7-11-22(12-8-20)31-26(21-9-13-23(14-10-21)37-19(4)32)25(28(34)30(31)35)27(33)24-16-17(2)15-18(3)29(24)36-5/h7-16,26,33H,6H2,1-5H3/b27-25+. The topological polar surface area (TPSA) is 93.1 Å². The number of rotatable bonds is 6. The number of aryl methyl sites for hydroxylation is 3. The van der Waals surface area contributed by atoms with Crippen molar-refractivity contribution in [2.24, 2.45) is 0 Å². The highest BCUT2D eigenvalue weighted by Gasteiger charge is 2.47. The SMILES string of the molecule is CCc1ccc(N2C(=O)C(=O)/C(=C(/O)c3cc(C)cc(C)c3OC)C2c2ccc(OC(C)=O)cc2)cc1. The third-order valence-corrected chi connectivity index (χ3v) is 6.40. The normalized spacial score (nSPS) is 16.7. The highest BCUT2D eigenvalue weighted by Crippen LogP contribution is 2.44. The van der Waals surface area contributed by atoms with Crippen LogP contribution in [0.3, 0.4) is 0 Å². The summed E-state index contributed by atoms with van der Waals surface area (Å²) in [6, 6.07) is 16.7. The molecule has 1 aliphatic rings. The first-order valence-electron chi connectivity index (χ1n) is 12.0. The third-order valence-electron chi connectivity index (χ3n) is 6.40. The number of nitrogens with zero attached hydrogens (tertiary/aromatic N) is 1. The van der Waals surface area contributed by atoms with Crippen LogP contribution >= 0.6 is 0 Å². The number of carbonyl (C=O) groups excluding carboxylic acids is 3. The maximum absolute atomic E-state index is 13.5. The van der Waals surface area contributed by atoms with Crippen LogP contribution in [0.15, 0.2) is 66.2 Å². The summed E-state index contributed by atoms with van der Waals surface area (Å²) in [5.41, 5.74) is 4.12. The molecule has 1 amide bonds. The molecular formula is C30H29NO6. The van der Waals surface area contributed by atoms with E-state index in [1.165, 1.54) is 18.9 Å². The van der Waals surface area contributed by atoms with Crippen LogP contribution < -0.4 is 14.4 Å². The van der Waals surface area contributed by atoms with Gasteiger partial charge in [0, 0.05) is 12.6 Å². The summed E-state index contributed by atoms with van der Waals surface area (Å²) in [5, 5.41) is 11.6. The van der Waals surface area contributed by atoms with E-state index in [2.05, 4.69) is 0 Å². The molecule has 0 bridgehead atoms. The molecule has 4 rings (SSSR count). The molecule has 1 atom stereocenters. The van der Waals surface area contributed by atoms with Crippen LogP contribution in [0, 0.1) is 13.8 Å². The summed E-state index contributed by atoms with van der Waals surface area (Å²) in [6.45, 7) is 7.06. The molecule has 1 heterocycles. The lowest BCUT2D eigenvalue weighted by Gasteiger charge is -2.26. The van der Waals surface area contributed by atoms with Crippen molar-refractivity contribution in [1.82, 2.24) is 0 Å². The summed E-state index contributed by atoms with van der Waals surface area (Å²) < 4.78 is 10.7. The van der Waals surface area contributed by atoms with E-state index < -0.39 is 23.7 Å². The summed E-state index contributed by atoms with van der Waals surface area (Å²) in [7, 11) is 1.49. The van der Waals surface area contributed by atoms with Crippen LogP contribution in [0.1, 0.15) is 47.7 Å². The number of hydrogen-bond donors (Lipinski definition) is 1. The van der Waals surface area contributed by atoms with E-state index >= 15 is 0 Å². The Bertz CT molecular complexity index is 1400. The molecule has 7 nitrogen and oxygen atoms in total. The number of ketones is 1. The number of Topliss-reactive ketones (excluding diaryl/α,β-unsaturated/α-hetero) is 1. The maximum Gasteiger partial charge on any atom is 0.308 e. The summed E-state index contributed by atoms with van der Waals surface area (Å²) in [5.74, 6) is -1.57. The van der Waals surface area contributed by atoms with Gasteiger partial charge in [0.2, 0.25) is 0 Å². The number of benzene rings is 3. The second-order valence-electron chi connectivity index (χ2n) is 9.01. The Labute approximate surface area is 215 Å². The van der Waals surface area contributed by atoms with Gasteiger partial charge in [-0.05, 0) is 72.9 Å². The molecule has 0 spiro atoms. The van der Waals surface area contributed by atoms with E-state index in [-0.39, 0.29) is 11.3 Å². The molecule has 1 saturated heterocycles. The molecule has 1 unspecified atom stereocenters. The van der Waals surface area contributed by atoms with Crippen molar-refractivity contribution in [2.45, 2.75) is 40.2 Å². The average Bonchev–Trinajstić information content (AvgIpc) is 3.13. The van der Waals surface area contributed by atoms with Crippen molar-refractivity contribution in [1.29, 1.82) is 0 Å². The fourth-order valence-corrected chi connectivity index (χ4v) is 4.74. The first-order valence-corrected chi connectivity index (χ1v) is 12.0. The molecule has 1 N–H and O–H groups in total. The maximum atomic E-state index is 13.5. The van der Waals surface area contributed by atoms with Crippen LogP contribution in [0.25, 0.3) is 5.76 Å². The Hall–Kier alpha value is -4.39. The molecule has 37 heavy (non-hydrogen) atoms. The Morgan fingerprint density at radius 3 is 2.22 bits per heavy atom. The fraction of sp³-hybridized carbons (Fsp3) is 0.233. The zero-order chi connectivity index (χ0) is 26.9. The largest absolute Gasteiger partial charge is 0.507 e.